The number of nitrogens with zero attached hydrogens (tertiary/aromatic N) is 1. The van der Waals surface area contributed by atoms with Crippen LogP contribution in [-0.4, -0.2) is 49.0 Å². The lowest BCUT2D eigenvalue weighted by atomic mass is 10.0. The van der Waals surface area contributed by atoms with Gasteiger partial charge in [0.05, 0.1) is 11.6 Å². The van der Waals surface area contributed by atoms with Gasteiger partial charge in [-0.2, -0.15) is 0 Å². The maximum absolute atomic E-state index is 12.4. The number of alkyl halides is 2. The van der Waals surface area contributed by atoms with Crippen molar-refractivity contribution in [2.24, 2.45) is 0 Å². The Kier molecular flexibility index (Phi) is 6.80. The molecular formula is C17H23ClF2N2O2. The van der Waals surface area contributed by atoms with Crippen molar-refractivity contribution in [2.75, 3.05) is 19.6 Å². The Hall–Kier alpha value is -1.40. The number of nitrogens with one attached hydrogen (secondary N) is 1. The van der Waals surface area contributed by atoms with Crippen LogP contribution in [0.4, 0.5) is 8.78 Å². The van der Waals surface area contributed by atoms with E-state index < -0.39 is 12.5 Å². The maximum Gasteiger partial charge on any atom is 0.260 e. The second-order valence-electron chi connectivity index (χ2n) is 6.17. The second kappa shape index (κ2) is 8.62. The molecule has 1 unspecified atom stereocenters. The summed E-state index contributed by atoms with van der Waals surface area (Å²) in [5.74, 6) is 0.256. The minimum Gasteiger partial charge on any atom is -0.479 e. The van der Waals surface area contributed by atoms with Gasteiger partial charge in [-0.3, -0.25) is 9.69 Å². The summed E-state index contributed by atoms with van der Waals surface area (Å²) in [5.41, 5.74) is 0.994. The summed E-state index contributed by atoms with van der Waals surface area (Å²) in [4.78, 5) is 14.0. The highest BCUT2D eigenvalue weighted by Gasteiger charge is 2.25. The third kappa shape index (κ3) is 5.60. The molecule has 0 aliphatic carbocycles. The number of ether oxygens (including phenoxy) is 1. The van der Waals surface area contributed by atoms with Crippen molar-refractivity contribution < 1.29 is 18.3 Å². The molecule has 0 spiro atoms. The Morgan fingerprint density at radius 3 is 2.71 bits per heavy atom. The van der Waals surface area contributed by atoms with Crippen LogP contribution in [0.25, 0.3) is 0 Å². The predicted octanol–water partition coefficient (Wildman–Crippen LogP) is 3.26. The summed E-state index contributed by atoms with van der Waals surface area (Å²) >= 11 is 6.07. The number of benzene rings is 1. The fourth-order valence-electron chi connectivity index (χ4n) is 2.72. The van der Waals surface area contributed by atoms with Gasteiger partial charge in [0, 0.05) is 19.1 Å². The van der Waals surface area contributed by atoms with Crippen molar-refractivity contribution >= 4 is 17.5 Å². The number of carbonyl (C=O) groups excluding carboxylic acids is 1. The van der Waals surface area contributed by atoms with Crippen LogP contribution in [0, 0.1) is 6.92 Å². The van der Waals surface area contributed by atoms with Gasteiger partial charge in [-0.15, -0.1) is 0 Å². The Bertz CT molecular complexity index is 564. The van der Waals surface area contributed by atoms with E-state index in [0.29, 0.717) is 36.7 Å². The monoisotopic (exact) mass is 360 g/mol. The van der Waals surface area contributed by atoms with Crippen LogP contribution in [0.1, 0.15) is 25.3 Å². The zero-order valence-corrected chi connectivity index (χ0v) is 14.7. The number of hydrogen-bond acceptors (Lipinski definition) is 3. The summed E-state index contributed by atoms with van der Waals surface area (Å²) in [5, 5.41) is 3.38. The van der Waals surface area contributed by atoms with E-state index in [0.717, 1.165) is 5.56 Å². The molecule has 24 heavy (non-hydrogen) atoms. The van der Waals surface area contributed by atoms with E-state index in [4.69, 9.17) is 16.3 Å². The standard InChI is InChI=1S/C17H23ClF2N2O2/c1-11-3-4-14(18)15(9-11)24-12(2)17(23)21-13-5-7-22(8-6-13)10-16(19)20/h3-4,9,12-13,16H,5-8,10H2,1-2H3,(H,21,23). The minimum atomic E-state index is -2.32. The number of amides is 1. The lowest BCUT2D eigenvalue weighted by molar-refractivity contribution is -0.128. The molecule has 7 heteroatoms. The first-order chi connectivity index (χ1) is 11.3. The molecule has 1 N–H and O–H groups in total. The number of rotatable bonds is 6. The van der Waals surface area contributed by atoms with Crippen LogP contribution in [0.5, 0.6) is 5.75 Å². The van der Waals surface area contributed by atoms with Crippen LogP contribution in [0.3, 0.4) is 0 Å². The fourth-order valence-corrected chi connectivity index (χ4v) is 2.88. The molecule has 0 bridgehead atoms. The van der Waals surface area contributed by atoms with Gasteiger partial charge in [0.2, 0.25) is 0 Å². The van der Waals surface area contributed by atoms with Crippen molar-refractivity contribution in [1.29, 1.82) is 0 Å². The Balaban J connectivity index is 1.81. The predicted molar refractivity (Wildman–Crippen MR) is 89.9 cm³/mol. The summed E-state index contributed by atoms with van der Waals surface area (Å²) in [6, 6.07) is 5.38. The molecule has 2 rings (SSSR count). The quantitative estimate of drug-likeness (QED) is 0.846. The molecule has 0 radical (unpaired) electrons. The number of carbonyl (C=O) groups is 1. The van der Waals surface area contributed by atoms with E-state index in [1.165, 1.54) is 0 Å². The van der Waals surface area contributed by atoms with Gasteiger partial charge >= 0.3 is 0 Å². The van der Waals surface area contributed by atoms with Crippen molar-refractivity contribution in [3.05, 3.63) is 28.8 Å². The van der Waals surface area contributed by atoms with Crippen LogP contribution in [0.15, 0.2) is 18.2 Å². The van der Waals surface area contributed by atoms with E-state index in [9.17, 15) is 13.6 Å². The summed E-state index contributed by atoms with van der Waals surface area (Å²) in [6.45, 7) is 4.51. The smallest absolute Gasteiger partial charge is 0.260 e. The topological polar surface area (TPSA) is 41.6 Å². The molecule has 1 atom stereocenters. The molecular weight excluding hydrogens is 338 g/mol. The third-order valence-corrected chi connectivity index (χ3v) is 4.40. The molecule has 4 nitrogen and oxygen atoms in total. The molecule has 1 aromatic carbocycles. The van der Waals surface area contributed by atoms with E-state index in [-0.39, 0.29) is 18.5 Å². The van der Waals surface area contributed by atoms with Crippen molar-refractivity contribution in [3.63, 3.8) is 0 Å². The Labute approximate surface area is 146 Å². The lowest BCUT2D eigenvalue weighted by Crippen LogP contribution is -2.48. The second-order valence-corrected chi connectivity index (χ2v) is 6.58. The lowest BCUT2D eigenvalue weighted by Gasteiger charge is -2.32. The van der Waals surface area contributed by atoms with Gasteiger partial charge in [-0.1, -0.05) is 17.7 Å². The first kappa shape index (κ1) is 18.9. The number of aryl methyl sites for hydroxylation is 1. The summed E-state index contributed by atoms with van der Waals surface area (Å²) in [6.07, 6.45) is -1.67. The third-order valence-electron chi connectivity index (χ3n) is 4.09. The largest absolute Gasteiger partial charge is 0.479 e. The number of hydrogen-bond donors (Lipinski definition) is 1. The summed E-state index contributed by atoms with van der Waals surface area (Å²) in [7, 11) is 0. The molecule has 1 aliphatic heterocycles. The highest BCUT2D eigenvalue weighted by atomic mass is 35.5. The molecule has 1 fully saturated rings. The summed E-state index contributed by atoms with van der Waals surface area (Å²) < 4.78 is 30.4. The first-order valence-corrected chi connectivity index (χ1v) is 8.46. The molecule has 1 amide bonds. The molecule has 1 aliphatic rings. The minimum absolute atomic E-state index is 0.00884. The molecule has 1 saturated heterocycles. The van der Waals surface area contributed by atoms with Gasteiger partial charge in [0.15, 0.2) is 6.10 Å². The average Bonchev–Trinajstić information content (AvgIpc) is 2.52. The van der Waals surface area contributed by atoms with Crippen molar-refractivity contribution in [1.82, 2.24) is 10.2 Å². The average molecular weight is 361 g/mol. The van der Waals surface area contributed by atoms with Gasteiger partial charge < -0.3 is 10.1 Å². The van der Waals surface area contributed by atoms with Crippen molar-refractivity contribution in [2.45, 2.75) is 45.3 Å². The Morgan fingerprint density at radius 1 is 1.42 bits per heavy atom. The van der Waals surface area contributed by atoms with Crippen LogP contribution in [-0.2, 0) is 4.79 Å². The number of piperidine rings is 1. The Morgan fingerprint density at radius 2 is 2.08 bits per heavy atom. The van der Waals surface area contributed by atoms with E-state index in [1.807, 2.05) is 13.0 Å². The molecule has 134 valence electrons. The van der Waals surface area contributed by atoms with Gasteiger partial charge in [0.1, 0.15) is 5.75 Å². The first-order valence-electron chi connectivity index (χ1n) is 8.09. The highest BCUT2D eigenvalue weighted by molar-refractivity contribution is 6.32. The van der Waals surface area contributed by atoms with Gasteiger partial charge in [-0.25, -0.2) is 8.78 Å². The molecule has 1 heterocycles. The molecule has 0 aromatic heterocycles. The van der Waals surface area contributed by atoms with E-state index >= 15 is 0 Å². The van der Waals surface area contributed by atoms with Gasteiger partial charge in [-0.05, 0) is 44.4 Å². The zero-order chi connectivity index (χ0) is 17.7. The molecule has 0 saturated carbocycles. The number of likely N-dealkylation sites (tertiary alicyclic amines) is 1. The van der Waals surface area contributed by atoms with Crippen LogP contribution < -0.4 is 10.1 Å². The normalized spacial score (nSPS) is 17.8. The highest BCUT2D eigenvalue weighted by Crippen LogP contribution is 2.26. The van der Waals surface area contributed by atoms with E-state index in [2.05, 4.69) is 5.32 Å². The SMILES string of the molecule is Cc1ccc(Cl)c(OC(C)C(=O)NC2CCN(CC(F)F)CC2)c1. The van der Waals surface area contributed by atoms with Gasteiger partial charge in [0.25, 0.3) is 12.3 Å². The van der Waals surface area contributed by atoms with Crippen LogP contribution in [0.2, 0.25) is 5.02 Å². The maximum atomic E-state index is 12.4. The number of halogens is 3. The van der Waals surface area contributed by atoms with Crippen molar-refractivity contribution in [3.8, 4) is 5.75 Å². The molecule has 1 aromatic rings. The van der Waals surface area contributed by atoms with E-state index in [1.54, 1.807) is 24.0 Å². The zero-order valence-electron chi connectivity index (χ0n) is 13.9. The fraction of sp³-hybridized carbons (Fsp3) is 0.588. The van der Waals surface area contributed by atoms with Crippen LogP contribution >= 0.6 is 11.6 Å².